The number of hydrogen-bond acceptors (Lipinski definition) is 15. The molecule has 15 N–H and O–H groups in total. The molecule has 2 atom stereocenters. The number of nitrogens with two attached hydrogens (primary N) is 1. The molecule has 354 valence electrons. The SMILES string of the molecule is NC(=O)[C@H](CS)NC(=O)CCCCCNC(=O)C(Cc1ccc(O)cc1)NC(=O)CCCC(=O)N[C@]12CNCCNC[C@](NC(=O)CCCC(=O)O)(CNCCNC1)CNCCN2. The Balaban J connectivity index is 1.53. The molecule has 1 unspecified atom stereocenters. The largest absolute Gasteiger partial charge is 0.508 e. The van der Waals surface area contributed by atoms with Crippen LogP contribution in [0.1, 0.15) is 69.8 Å². The van der Waals surface area contributed by atoms with Crippen LogP contribution in [0.3, 0.4) is 0 Å². The van der Waals surface area contributed by atoms with E-state index in [2.05, 4.69) is 71.1 Å². The molecule has 2 aliphatic heterocycles. The average Bonchev–Trinajstić information content (AvgIpc) is 3.26. The van der Waals surface area contributed by atoms with Gasteiger partial charge in [0.05, 0.1) is 5.54 Å². The van der Waals surface area contributed by atoms with Crippen LogP contribution in [-0.4, -0.2) is 159 Å². The fourth-order valence-corrected chi connectivity index (χ4v) is 7.48. The number of hydrogen-bond donors (Lipinski definition) is 15. The maximum Gasteiger partial charge on any atom is 0.303 e. The first kappa shape index (κ1) is 52.8. The lowest BCUT2D eigenvalue weighted by atomic mass is 9.97. The molecule has 6 amide bonds. The Morgan fingerprint density at radius 1 is 0.635 bits per heavy atom. The predicted molar refractivity (Wildman–Crippen MR) is 240 cm³/mol. The summed E-state index contributed by atoms with van der Waals surface area (Å²) in [5.74, 6) is -3.00. The quantitative estimate of drug-likeness (QED) is 0.0377. The Kier molecular flexibility index (Phi) is 24.3. The molecule has 2 fully saturated rings. The number of unbranched alkanes of at least 4 members (excludes halogenated alkanes) is 2. The minimum absolute atomic E-state index is 0.00525. The maximum absolute atomic E-state index is 13.5. The first-order chi connectivity index (χ1) is 30.2. The summed E-state index contributed by atoms with van der Waals surface area (Å²) in [5, 5.41) is 54.0. The minimum Gasteiger partial charge on any atom is -0.508 e. The Hall–Kier alpha value is -4.58. The Bertz CT molecular complexity index is 1610. The molecule has 63 heavy (non-hydrogen) atoms. The van der Waals surface area contributed by atoms with Crippen molar-refractivity contribution in [3.05, 3.63) is 29.8 Å². The van der Waals surface area contributed by atoms with Crippen molar-refractivity contribution in [2.45, 2.75) is 93.9 Å². The molecule has 0 spiro atoms. The molecule has 1 aromatic rings. The van der Waals surface area contributed by atoms with E-state index in [1.807, 2.05) is 0 Å². The van der Waals surface area contributed by atoms with E-state index in [1.54, 1.807) is 12.1 Å². The van der Waals surface area contributed by atoms with Gasteiger partial charge >= 0.3 is 5.97 Å². The van der Waals surface area contributed by atoms with Crippen molar-refractivity contribution >= 4 is 54.0 Å². The smallest absolute Gasteiger partial charge is 0.303 e. The van der Waals surface area contributed by atoms with Crippen molar-refractivity contribution in [1.29, 1.82) is 0 Å². The molecule has 0 aromatic heterocycles. The van der Waals surface area contributed by atoms with Crippen LogP contribution in [0.25, 0.3) is 0 Å². The number of nitrogens with one attached hydrogen (secondary N) is 11. The number of carbonyl (C=O) groups excluding carboxylic acids is 6. The first-order valence-corrected chi connectivity index (χ1v) is 22.5. The van der Waals surface area contributed by atoms with E-state index in [9.17, 15) is 38.7 Å². The third-order valence-electron chi connectivity index (χ3n) is 10.6. The molecule has 0 radical (unpaired) electrons. The van der Waals surface area contributed by atoms with Crippen LogP contribution in [-0.2, 0) is 40.0 Å². The third-order valence-corrected chi connectivity index (χ3v) is 11.0. The molecule has 2 aliphatic rings. The number of phenols is 1. The molecular weight excluding hydrogens is 837 g/mol. The van der Waals surface area contributed by atoms with E-state index in [-0.39, 0.29) is 80.6 Å². The van der Waals surface area contributed by atoms with E-state index in [0.717, 1.165) is 5.56 Å². The van der Waals surface area contributed by atoms with Gasteiger partial charge < -0.3 is 69.1 Å². The number of thiol groups is 1. The van der Waals surface area contributed by atoms with Gasteiger partial charge in [-0.3, -0.25) is 38.9 Å². The normalized spacial score (nSPS) is 20.8. The zero-order valence-electron chi connectivity index (χ0n) is 36.2. The highest BCUT2D eigenvalue weighted by Crippen LogP contribution is 2.13. The Morgan fingerprint density at radius 3 is 1.71 bits per heavy atom. The second-order valence-electron chi connectivity index (χ2n) is 16.2. The van der Waals surface area contributed by atoms with Crippen LogP contribution in [0, 0.1) is 0 Å². The lowest BCUT2D eigenvalue weighted by Crippen LogP contribution is -2.69. The van der Waals surface area contributed by atoms with Gasteiger partial charge in [-0.25, -0.2) is 0 Å². The van der Waals surface area contributed by atoms with Crippen LogP contribution in [0.5, 0.6) is 5.75 Å². The van der Waals surface area contributed by atoms with E-state index in [4.69, 9.17) is 10.8 Å². The Morgan fingerprint density at radius 2 is 1.14 bits per heavy atom. The second kappa shape index (κ2) is 29.0. The third kappa shape index (κ3) is 21.6. The molecule has 2 saturated heterocycles. The van der Waals surface area contributed by atoms with Crippen molar-refractivity contribution in [3.63, 3.8) is 0 Å². The molecule has 0 aliphatic carbocycles. The molecule has 1 aromatic carbocycles. The van der Waals surface area contributed by atoms with E-state index in [0.29, 0.717) is 97.8 Å². The van der Waals surface area contributed by atoms with Gasteiger partial charge in [-0.05, 0) is 43.4 Å². The van der Waals surface area contributed by atoms with Gasteiger partial charge in [0.25, 0.3) is 0 Å². The van der Waals surface area contributed by atoms with Crippen LogP contribution in [0.4, 0.5) is 0 Å². The van der Waals surface area contributed by atoms with Crippen molar-refractivity contribution in [1.82, 2.24) is 58.5 Å². The summed E-state index contributed by atoms with van der Waals surface area (Å²) in [6.07, 6.45) is 2.64. The summed E-state index contributed by atoms with van der Waals surface area (Å²) >= 11 is 4.02. The lowest BCUT2D eigenvalue weighted by Gasteiger charge is -2.37. The topological polar surface area (TPSA) is 318 Å². The van der Waals surface area contributed by atoms with Crippen LogP contribution in [0.15, 0.2) is 24.3 Å². The number of aromatic hydroxyl groups is 1. The van der Waals surface area contributed by atoms with E-state index >= 15 is 0 Å². The minimum atomic E-state index is -0.940. The van der Waals surface area contributed by atoms with E-state index < -0.39 is 47.0 Å². The standard InChI is InChI=1S/C41H70N12O9S/c42-38(61)32(23-63)51-33(55)6-2-1-3-15-48-39(62)31(22-29-11-13-30(54)14-12-29)50-34(56)7-4-8-36(58)53-41-27-46-18-16-43-24-40(26-45-20-21-49-41,25-44-17-19-47-28-41)52-35(57)9-5-10-37(59)60/h11-14,31-32,43-47,49,54,63H,1-10,15-28H2,(H2,42,61)(H,48,62)(H,50,56)(H,51,55)(H,52,57)(H,53,58)(H,59,60)/t31?,32-,40-,41+/m0/s1. The zero-order valence-corrected chi connectivity index (χ0v) is 37.1. The van der Waals surface area contributed by atoms with Crippen LogP contribution in [0.2, 0.25) is 0 Å². The summed E-state index contributed by atoms with van der Waals surface area (Å²) in [5.41, 5.74) is 4.42. The van der Waals surface area contributed by atoms with Gasteiger partial charge in [0.15, 0.2) is 0 Å². The number of phenolic OH excluding ortho intramolecular Hbond substituents is 1. The number of amides is 6. The summed E-state index contributed by atoms with van der Waals surface area (Å²) in [7, 11) is 0. The first-order valence-electron chi connectivity index (χ1n) is 21.9. The fraction of sp³-hybridized carbons (Fsp3) is 0.683. The summed E-state index contributed by atoms with van der Waals surface area (Å²) in [6, 6.07) is 4.59. The molecular formula is C41H70N12O9S. The van der Waals surface area contributed by atoms with Crippen molar-refractivity contribution in [2.24, 2.45) is 5.73 Å². The maximum atomic E-state index is 13.5. The number of rotatable bonds is 23. The van der Waals surface area contributed by atoms with Gasteiger partial charge in [0.1, 0.15) is 23.5 Å². The number of carbonyl (C=O) groups is 7. The number of carboxylic acid groups (broad SMARTS) is 1. The molecule has 2 heterocycles. The van der Waals surface area contributed by atoms with Gasteiger partial charge in [-0.15, -0.1) is 0 Å². The predicted octanol–water partition coefficient (Wildman–Crippen LogP) is -3.35. The number of primary amides is 1. The summed E-state index contributed by atoms with van der Waals surface area (Å²) in [6.45, 7) is 5.77. The van der Waals surface area contributed by atoms with Crippen molar-refractivity contribution < 1.29 is 43.8 Å². The number of benzene rings is 1. The highest BCUT2D eigenvalue weighted by molar-refractivity contribution is 7.80. The highest BCUT2D eigenvalue weighted by Gasteiger charge is 2.34. The molecule has 3 rings (SSSR count). The fourth-order valence-electron chi connectivity index (χ4n) is 7.21. The number of fused-ring (bicyclic) bond motifs is 6. The van der Waals surface area contributed by atoms with Gasteiger partial charge in [0.2, 0.25) is 35.4 Å². The second-order valence-corrected chi connectivity index (χ2v) is 16.5. The number of carboxylic acids is 1. The van der Waals surface area contributed by atoms with Crippen molar-refractivity contribution in [2.75, 3.05) is 84.3 Å². The van der Waals surface area contributed by atoms with Gasteiger partial charge in [-0.2, -0.15) is 12.6 Å². The van der Waals surface area contributed by atoms with Crippen molar-refractivity contribution in [3.8, 4) is 5.75 Å². The number of aliphatic carboxylic acids is 1. The molecule has 0 saturated carbocycles. The zero-order chi connectivity index (χ0) is 45.9. The summed E-state index contributed by atoms with van der Waals surface area (Å²) < 4.78 is 0. The van der Waals surface area contributed by atoms with E-state index in [1.165, 1.54) is 12.1 Å². The lowest BCUT2D eigenvalue weighted by molar-refractivity contribution is -0.137. The molecule has 22 heteroatoms. The Labute approximate surface area is 374 Å². The monoisotopic (exact) mass is 907 g/mol. The van der Waals surface area contributed by atoms with Crippen LogP contribution >= 0.6 is 12.6 Å². The highest BCUT2D eigenvalue weighted by atomic mass is 32.1. The molecule has 2 bridgehead atoms. The molecule has 21 nitrogen and oxygen atoms in total. The van der Waals surface area contributed by atoms with Crippen LogP contribution < -0.4 is 64.2 Å². The summed E-state index contributed by atoms with van der Waals surface area (Å²) in [4.78, 5) is 87.4. The van der Waals surface area contributed by atoms with Gasteiger partial charge in [0, 0.05) is 123 Å². The van der Waals surface area contributed by atoms with Gasteiger partial charge in [-0.1, -0.05) is 18.6 Å². The average molecular weight is 907 g/mol.